The van der Waals surface area contributed by atoms with Crippen LogP contribution in [0.2, 0.25) is 0 Å². The highest BCUT2D eigenvalue weighted by atomic mass is 14.6. The van der Waals surface area contributed by atoms with Crippen LogP contribution in [0, 0.1) is 39.5 Å². The summed E-state index contributed by atoms with van der Waals surface area (Å²) in [5.41, 5.74) is 18.6. The highest BCUT2D eigenvalue weighted by Gasteiger charge is 2.07. The van der Waals surface area contributed by atoms with Crippen molar-refractivity contribution in [3.63, 3.8) is 0 Å². The van der Waals surface area contributed by atoms with Gasteiger partial charge in [0.1, 0.15) is 0 Å². The molecule has 3 aromatic rings. The molecule has 0 fully saturated rings. The smallest absolute Gasteiger partial charge is 0.0281 e. The molecule has 1 nitrogen and oxygen atoms in total. The molecule has 0 saturated carbocycles. The lowest BCUT2D eigenvalue weighted by Crippen LogP contribution is -1.98. The Morgan fingerprint density at radius 3 is 2.14 bits per heavy atom. The van der Waals surface area contributed by atoms with Crippen LogP contribution in [-0.2, 0) is 12.8 Å². The normalized spacial score (nSPS) is 11.3. The molecule has 3 rings (SSSR count). The van der Waals surface area contributed by atoms with Gasteiger partial charge in [0.05, 0.1) is 0 Å². The summed E-state index contributed by atoms with van der Waals surface area (Å²) >= 11 is 0. The molecule has 0 bridgehead atoms. The number of nitrogens with two attached hydrogens (primary N) is 1. The van der Waals surface area contributed by atoms with E-state index in [9.17, 15) is 0 Å². The number of hydrogen-bond donors (Lipinski definition) is 1. The SMILES string of the molecule is CC/C=C(\N)CCCCCc1ccc(C#Cc2cc(Cc3c(C)cc(C)cc3C)ccc2C)cc1. The average molecular weight is 464 g/mol. The first-order valence-corrected chi connectivity index (χ1v) is 13.1. The molecular formula is C34H41N. The Morgan fingerprint density at radius 1 is 0.771 bits per heavy atom. The highest BCUT2D eigenvalue weighted by molar-refractivity contribution is 5.49. The van der Waals surface area contributed by atoms with Crippen LogP contribution in [0.3, 0.4) is 0 Å². The first kappa shape index (κ1) is 26.4. The number of unbranched alkanes of at least 4 members (excludes halogenated alkanes) is 2. The molecule has 0 aromatic heterocycles. The Bertz CT molecular complexity index is 1190. The Balaban J connectivity index is 1.60. The van der Waals surface area contributed by atoms with E-state index in [0.29, 0.717) is 0 Å². The van der Waals surface area contributed by atoms with Gasteiger partial charge in [0, 0.05) is 16.8 Å². The fourth-order valence-electron chi connectivity index (χ4n) is 4.70. The minimum Gasteiger partial charge on any atom is -0.402 e. The van der Waals surface area contributed by atoms with Crippen LogP contribution in [0.25, 0.3) is 0 Å². The van der Waals surface area contributed by atoms with Gasteiger partial charge in [-0.15, -0.1) is 0 Å². The molecule has 0 amide bonds. The van der Waals surface area contributed by atoms with Crippen molar-refractivity contribution in [2.75, 3.05) is 0 Å². The average Bonchev–Trinajstić information content (AvgIpc) is 2.82. The third-order valence-corrected chi connectivity index (χ3v) is 6.72. The van der Waals surface area contributed by atoms with Gasteiger partial charge < -0.3 is 5.73 Å². The van der Waals surface area contributed by atoms with E-state index in [2.05, 4.69) is 107 Å². The molecule has 0 heterocycles. The molecule has 1 heteroatoms. The Morgan fingerprint density at radius 2 is 1.46 bits per heavy atom. The van der Waals surface area contributed by atoms with Gasteiger partial charge in [0.25, 0.3) is 0 Å². The van der Waals surface area contributed by atoms with Gasteiger partial charge in [-0.2, -0.15) is 0 Å². The molecule has 0 aliphatic heterocycles. The monoisotopic (exact) mass is 463 g/mol. The van der Waals surface area contributed by atoms with E-state index in [4.69, 9.17) is 5.73 Å². The topological polar surface area (TPSA) is 26.0 Å². The largest absolute Gasteiger partial charge is 0.402 e. The highest BCUT2D eigenvalue weighted by Crippen LogP contribution is 2.21. The van der Waals surface area contributed by atoms with Gasteiger partial charge in [-0.25, -0.2) is 0 Å². The van der Waals surface area contributed by atoms with Gasteiger partial charge >= 0.3 is 0 Å². The second kappa shape index (κ2) is 13.0. The van der Waals surface area contributed by atoms with Gasteiger partial charge in [-0.3, -0.25) is 0 Å². The zero-order valence-electron chi connectivity index (χ0n) is 22.3. The van der Waals surface area contributed by atoms with Gasteiger partial charge in [0.15, 0.2) is 0 Å². The zero-order valence-corrected chi connectivity index (χ0v) is 22.3. The maximum atomic E-state index is 5.98. The number of benzene rings is 3. The third kappa shape index (κ3) is 8.18. The van der Waals surface area contributed by atoms with Gasteiger partial charge in [-0.1, -0.05) is 73.2 Å². The molecule has 182 valence electrons. The van der Waals surface area contributed by atoms with E-state index in [1.165, 1.54) is 58.2 Å². The van der Waals surface area contributed by atoms with Crippen LogP contribution in [0.4, 0.5) is 0 Å². The Kier molecular flexibility index (Phi) is 9.80. The van der Waals surface area contributed by atoms with E-state index < -0.39 is 0 Å². The van der Waals surface area contributed by atoms with E-state index in [1.807, 2.05) is 0 Å². The molecule has 2 N–H and O–H groups in total. The molecule has 0 saturated heterocycles. The summed E-state index contributed by atoms with van der Waals surface area (Å²) in [6.45, 7) is 10.9. The number of aryl methyl sites for hydroxylation is 5. The lowest BCUT2D eigenvalue weighted by Gasteiger charge is -2.12. The van der Waals surface area contributed by atoms with Crippen LogP contribution in [0.15, 0.2) is 66.4 Å². The number of rotatable bonds is 9. The number of hydrogen-bond acceptors (Lipinski definition) is 1. The quantitative estimate of drug-likeness (QED) is 0.251. The van der Waals surface area contributed by atoms with Crippen molar-refractivity contribution >= 4 is 0 Å². The zero-order chi connectivity index (χ0) is 25.2. The summed E-state index contributed by atoms with van der Waals surface area (Å²) in [5.74, 6) is 6.81. The molecule has 0 spiro atoms. The maximum absolute atomic E-state index is 5.98. The van der Waals surface area contributed by atoms with Crippen molar-refractivity contribution in [3.8, 4) is 11.8 Å². The van der Waals surface area contributed by atoms with Crippen molar-refractivity contribution in [2.24, 2.45) is 5.73 Å². The molecule has 0 unspecified atom stereocenters. The van der Waals surface area contributed by atoms with Crippen LogP contribution in [0.5, 0.6) is 0 Å². The summed E-state index contributed by atoms with van der Waals surface area (Å²) in [7, 11) is 0. The predicted octanol–water partition coefficient (Wildman–Crippen LogP) is 8.27. The lowest BCUT2D eigenvalue weighted by atomic mass is 9.93. The van der Waals surface area contributed by atoms with E-state index in [1.54, 1.807) is 0 Å². The fourth-order valence-corrected chi connectivity index (χ4v) is 4.70. The molecular weight excluding hydrogens is 422 g/mol. The van der Waals surface area contributed by atoms with Gasteiger partial charge in [-0.05, 0) is 118 Å². The summed E-state index contributed by atoms with van der Waals surface area (Å²) in [5, 5.41) is 0. The summed E-state index contributed by atoms with van der Waals surface area (Å²) in [4.78, 5) is 0. The van der Waals surface area contributed by atoms with E-state index >= 15 is 0 Å². The van der Waals surface area contributed by atoms with Crippen LogP contribution >= 0.6 is 0 Å². The number of allylic oxidation sites excluding steroid dienone is 2. The van der Waals surface area contributed by atoms with Gasteiger partial charge in [0.2, 0.25) is 0 Å². The standard InChI is InChI=1S/C34H41N/c1-6-10-33(35)12-9-7-8-11-29-15-17-30(18-16-29)19-20-32-23-31(14-13-26(32)3)24-34-27(4)21-25(2)22-28(34)5/h10,13-18,21-23H,6-9,11-12,24,35H2,1-5H3/b33-10-. The van der Waals surface area contributed by atoms with Crippen molar-refractivity contribution in [3.05, 3.63) is 116 Å². The Labute approximate surface area is 213 Å². The second-order valence-corrected chi connectivity index (χ2v) is 9.90. The van der Waals surface area contributed by atoms with Crippen molar-refractivity contribution < 1.29 is 0 Å². The van der Waals surface area contributed by atoms with Crippen LogP contribution in [-0.4, -0.2) is 0 Å². The molecule has 3 aromatic carbocycles. The van der Waals surface area contributed by atoms with Crippen molar-refractivity contribution in [1.82, 2.24) is 0 Å². The minimum absolute atomic E-state index is 0.948. The third-order valence-electron chi connectivity index (χ3n) is 6.72. The fraction of sp³-hybridized carbons (Fsp3) is 0.353. The second-order valence-electron chi connectivity index (χ2n) is 9.90. The summed E-state index contributed by atoms with van der Waals surface area (Å²) < 4.78 is 0. The predicted molar refractivity (Wildman–Crippen MR) is 152 cm³/mol. The molecule has 0 atom stereocenters. The maximum Gasteiger partial charge on any atom is 0.0281 e. The molecule has 0 aliphatic rings. The molecule has 0 radical (unpaired) electrons. The first-order chi connectivity index (χ1) is 16.9. The van der Waals surface area contributed by atoms with Crippen molar-refractivity contribution in [1.29, 1.82) is 0 Å². The van der Waals surface area contributed by atoms with Crippen LogP contribution in [0.1, 0.15) is 89.1 Å². The van der Waals surface area contributed by atoms with Crippen molar-refractivity contribution in [2.45, 2.75) is 79.6 Å². The minimum atomic E-state index is 0.948. The molecule has 35 heavy (non-hydrogen) atoms. The van der Waals surface area contributed by atoms with Crippen LogP contribution < -0.4 is 5.73 Å². The van der Waals surface area contributed by atoms with E-state index in [-0.39, 0.29) is 0 Å². The summed E-state index contributed by atoms with van der Waals surface area (Å²) in [6.07, 6.45) is 9.84. The molecule has 0 aliphatic carbocycles. The lowest BCUT2D eigenvalue weighted by molar-refractivity contribution is 0.672. The summed E-state index contributed by atoms with van der Waals surface area (Å²) in [6, 6.07) is 20.0. The van der Waals surface area contributed by atoms with E-state index in [0.717, 1.165) is 42.5 Å². The first-order valence-electron chi connectivity index (χ1n) is 13.1. The Hall–Kier alpha value is -3.24.